The molecule has 1 rings (SSSR count). The van der Waals surface area contributed by atoms with Crippen LogP contribution in [0, 0.1) is 5.92 Å². The van der Waals surface area contributed by atoms with Crippen LogP contribution < -0.4 is 5.32 Å². The van der Waals surface area contributed by atoms with Crippen LogP contribution in [-0.2, 0) is 0 Å². The molecule has 1 fully saturated rings. The molecule has 0 aliphatic heterocycles. The zero-order valence-electron chi connectivity index (χ0n) is 10.2. The first-order chi connectivity index (χ1) is 6.63. The molecular formula is C12H26N2. The minimum absolute atomic E-state index is 0.626. The fourth-order valence-corrected chi connectivity index (χ4v) is 1.89. The summed E-state index contributed by atoms with van der Waals surface area (Å²) in [6.07, 6.45) is 2.91. The van der Waals surface area contributed by atoms with Crippen molar-refractivity contribution in [3.05, 3.63) is 0 Å². The van der Waals surface area contributed by atoms with Gasteiger partial charge in [-0.15, -0.1) is 0 Å². The van der Waals surface area contributed by atoms with Crippen LogP contribution in [0.3, 0.4) is 0 Å². The summed E-state index contributed by atoms with van der Waals surface area (Å²) in [4.78, 5) is 2.62. The summed E-state index contributed by atoms with van der Waals surface area (Å²) in [5, 5.41) is 3.48. The van der Waals surface area contributed by atoms with Gasteiger partial charge in [-0.25, -0.2) is 0 Å². The first-order valence-corrected chi connectivity index (χ1v) is 6.11. The van der Waals surface area contributed by atoms with E-state index in [1.54, 1.807) is 0 Å². The zero-order chi connectivity index (χ0) is 10.6. The predicted molar refractivity (Wildman–Crippen MR) is 62.6 cm³/mol. The second-order valence-corrected chi connectivity index (χ2v) is 4.95. The van der Waals surface area contributed by atoms with Crippen LogP contribution >= 0.6 is 0 Å². The Hall–Kier alpha value is -0.0800. The van der Waals surface area contributed by atoms with E-state index in [-0.39, 0.29) is 0 Å². The summed E-state index contributed by atoms with van der Waals surface area (Å²) < 4.78 is 0. The highest BCUT2D eigenvalue weighted by Crippen LogP contribution is 2.30. The Kier molecular flexibility index (Phi) is 4.90. The third-order valence-electron chi connectivity index (χ3n) is 2.98. The van der Waals surface area contributed by atoms with Gasteiger partial charge in [0.2, 0.25) is 0 Å². The molecule has 0 aromatic heterocycles. The van der Waals surface area contributed by atoms with Crippen molar-refractivity contribution >= 4 is 0 Å². The largest absolute Gasteiger partial charge is 0.313 e. The van der Waals surface area contributed by atoms with Crippen molar-refractivity contribution in [1.29, 1.82) is 0 Å². The molecule has 0 heterocycles. The van der Waals surface area contributed by atoms with Gasteiger partial charge in [0, 0.05) is 25.2 Å². The molecule has 1 aliphatic rings. The minimum atomic E-state index is 0.626. The molecule has 84 valence electrons. The van der Waals surface area contributed by atoms with Gasteiger partial charge in [0.05, 0.1) is 0 Å². The van der Waals surface area contributed by atoms with Crippen LogP contribution in [0.4, 0.5) is 0 Å². The van der Waals surface area contributed by atoms with Gasteiger partial charge in [-0.3, -0.25) is 4.90 Å². The van der Waals surface area contributed by atoms with E-state index in [2.05, 4.69) is 37.9 Å². The highest BCUT2D eigenvalue weighted by molar-refractivity contribution is 4.80. The van der Waals surface area contributed by atoms with Crippen LogP contribution in [0.2, 0.25) is 0 Å². The summed E-state index contributed by atoms with van der Waals surface area (Å²) in [7, 11) is 0. The third kappa shape index (κ3) is 4.43. The van der Waals surface area contributed by atoms with Gasteiger partial charge < -0.3 is 5.32 Å². The van der Waals surface area contributed by atoms with Crippen LogP contribution in [0.15, 0.2) is 0 Å². The zero-order valence-corrected chi connectivity index (χ0v) is 10.2. The molecular weight excluding hydrogens is 172 g/mol. The SMILES string of the molecule is CCNC(C)CN(CC1CC1)C(C)C. The second kappa shape index (κ2) is 5.72. The Balaban J connectivity index is 2.25. The van der Waals surface area contributed by atoms with E-state index < -0.39 is 0 Å². The van der Waals surface area contributed by atoms with Crippen molar-refractivity contribution in [3.8, 4) is 0 Å². The summed E-state index contributed by atoms with van der Waals surface area (Å²) in [5.41, 5.74) is 0. The van der Waals surface area contributed by atoms with Crippen LogP contribution in [0.5, 0.6) is 0 Å². The molecule has 2 nitrogen and oxygen atoms in total. The summed E-state index contributed by atoms with van der Waals surface area (Å²) in [6, 6.07) is 1.32. The fourth-order valence-electron chi connectivity index (χ4n) is 1.89. The third-order valence-corrected chi connectivity index (χ3v) is 2.98. The maximum absolute atomic E-state index is 3.48. The van der Waals surface area contributed by atoms with E-state index in [1.807, 2.05) is 0 Å². The standard InChI is InChI=1S/C12H26N2/c1-5-13-11(4)8-14(10(2)3)9-12-6-7-12/h10-13H,5-9H2,1-4H3. The monoisotopic (exact) mass is 198 g/mol. The van der Waals surface area contributed by atoms with E-state index in [4.69, 9.17) is 0 Å². The van der Waals surface area contributed by atoms with Crippen LogP contribution in [-0.4, -0.2) is 36.6 Å². The molecule has 1 aliphatic carbocycles. The Morgan fingerprint density at radius 1 is 1.29 bits per heavy atom. The highest BCUT2D eigenvalue weighted by Gasteiger charge is 2.25. The lowest BCUT2D eigenvalue weighted by Crippen LogP contribution is -2.43. The van der Waals surface area contributed by atoms with Crippen molar-refractivity contribution in [3.63, 3.8) is 0 Å². The maximum atomic E-state index is 3.48. The first kappa shape index (κ1) is 12.0. The molecule has 2 heteroatoms. The molecule has 1 unspecified atom stereocenters. The Labute approximate surface area is 89.1 Å². The van der Waals surface area contributed by atoms with E-state index in [0.29, 0.717) is 12.1 Å². The molecule has 0 aromatic rings. The molecule has 0 radical (unpaired) electrons. The minimum Gasteiger partial charge on any atom is -0.313 e. The predicted octanol–water partition coefficient (Wildman–Crippen LogP) is 2.10. The van der Waals surface area contributed by atoms with Crippen molar-refractivity contribution in [2.24, 2.45) is 5.92 Å². The summed E-state index contributed by atoms with van der Waals surface area (Å²) in [5.74, 6) is 1.01. The molecule has 0 bridgehead atoms. The summed E-state index contributed by atoms with van der Waals surface area (Å²) >= 11 is 0. The first-order valence-electron chi connectivity index (χ1n) is 6.11. The van der Waals surface area contributed by atoms with E-state index >= 15 is 0 Å². The lowest BCUT2D eigenvalue weighted by Gasteiger charge is -2.29. The number of nitrogens with one attached hydrogen (secondary N) is 1. The Bertz CT molecular complexity index is 152. The number of hydrogen-bond acceptors (Lipinski definition) is 2. The lowest BCUT2D eigenvalue weighted by atomic mass is 10.2. The number of nitrogens with zero attached hydrogens (tertiary/aromatic N) is 1. The molecule has 0 spiro atoms. The van der Waals surface area contributed by atoms with E-state index in [0.717, 1.165) is 12.5 Å². The average Bonchev–Trinajstić information content (AvgIpc) is 2.87. The molecule has 0 saturated heterocycles. The smallest absolute Gasteiger partial charge is 0.0166 e. The Morgan fingerprint density at radius 3 is 2.36 bits per heavy atom. The van der Waals surface area contributed by atoms with Crippen LogP contribution in [0.25, 0.3) is 0 Å². The molecule has 1 saturated carbocycles. The van der Waals surface area contributed by atoms with Crippen molar-refractivity contribution in [2.45, 2.75) is 52.6 Å². The maximum Gasteiger partial charge on any atom is 0.0166 e. The van der Waals surface area contributed by atoms with E-state index in [9.17, 15) is 0 Å². The van der Waals surface area contributed by atoms with Gasteiger partial charge >= 0.3 is 0 Å². The van der Waals surface area contributed by atoms with E-state index in [1.165, 1.54) is 25.9 Å². The van der Waals surface area contributed by atoms with Gasteiger partial charge in [-0.2, -0.15) is 0 Å². The van der Waals surface area contributed by atoms with Crippen LogP contribution in [0.1, 0.15) is 40.5 Å². The van der Waals surface area contributed by atoms with Gasteiger partial charge in [0.1, 0.15) is 0 Å². The van der Waals surface area contributed by atoms with Gasteiger partial charge in [0.15, 0.2) is 0 Å². The average molecular weight is 198 g/mol. The normalized spacial score (nSPS) is 19.3. The number of rotatable bonds is 7. The highest BCUT2D eigenvalue weighted by atomic mass is 15.2. The molecule has 1 atom stereocenters. The van der Waals surface area contributed by atoms with Gasteiger partial charge in [-0.1, -0.05) is 6.92 Å². The van der Waals surface area contributed by atoms with Gasteiger partial charge in [-0.05, 0) is 46.1 Å². The molecule has 0 amide bonds. The number of hydrogen-bond donors (Lipinski definition) is 1. The Morgan fingerprint density at radius 2 is 1.93 bits per heavy atom. The van der Waals surface area contributed by atoms with Crippen molar-refractivity contribution < 1.29 is 0 Å². The number of likely N-dealkylation sites (N-methyl/N-ethyl adjacent to an activating group) is 1. The quantitative estimate of drug-likeness (QED) is 0.674. The molecule has 14 heavy (non-hydrogen) atoms. The van der Waals surface area contributed by atoms with Gasteiger partial charge in [0.25, 0.3) is 0 Å². The second-order valence-electron chi connectivity index (χ2n) is 4.95. The van der Waals surface area contributed by atoms with Crippen molar-refractivity contribution in [2.75, 3.05) is 19.6 Å². The molecule has 1 N–H and O–H groups in total. The summed E-state index contributed by atoms with van der Waals surface area (Å²) in [6.45, 7) is 12.7. The topological polar surface area (TPSA) is 15.3 Å². The fraction of sp³-hybridized carbons (Fsp3) is 1.00. The molecule has 0 aromatic carbocycles. The lowest BCUT2D eigenvalue weighted by molar-refractivity contribution is 0.194. The van der Waals surface area contributed by atoms with Crippen molar-refractivity contribution in [1.82, 2.24) is 10.2 Å².